The summed E-state index contributed by atoms with van der Waals surface area (Å²) in [4.78, 5) is 12.1. The summed E-state index contributed by atoms with van der Waals surface area (Å²) in [5.41, 5.74) is 0.939. The minimum atomic E-state index is -1.11. The number of ketones is 1. The molecule has 2 aromatic carbocycles. The molecule has 2 rings (SSSR count). The monoisotopic (exact) mass is 310 g/mol. The molecule has 0 spiro atoms. The zero-order chi connectivity index (χ0) is 13.3. The lowest BCUT2D eigenvalue weighted by molar-refractivity contribution is 0.103. The Kier molecular flexibility index (Phi) is 3.57. The maximum Gasteiger partial charge on any atom is 0.196 e. The van der Waals surface area contributed by atoms with Crippen molar-refractivity contribution in [2.24, 2.45) is 0 Å². The van der Waals surface area contributed by atoms with Gasteiger partial charge < -0.3 is 0 Å². The van der Waals surface area contributed by atoms with Gasteiger partial charge >= 0.3 is 0 Å². The third kappa shape index (κ3) is 2.34. The zero-order valence-corrected chi connectivity index (χ0v) is 11.1. The highest BCUT2D eigenvalue weighted by Gasteiger charge is 2.17. The van der Waals surface area contributed by atoms with Crippen molar-refractivity contribution in [2.75, 3.05) is 0 Å². The van der Waals surface area contributed by atoms with Crippen LogP contribution in [0.2, 0.25) is 0 Å². The Morgan fingerprint density at radius 3 is 2.56 bits per heavy atom. The molecule has 1 nitrogen and oxygen atoms in total. The summed E-state index contributed by atoms with van der Waals surface area (Å²) in [5.74, 6) is -2.65. The molecule has 2 aromatic rings. The van der Waals surface area contributed by atoms with Gasteiger partial charge in [-0.2, -0.15) is 0 Å². The van der Waals surface area contributed by atoms with Crippen molar-refractivity contribution in [3.63, 3.8) is 0 Å². The summed E-state index contributed by atoms with van der Waals surface area (Å²) in [5, 5.41) is 0. The Labute approximate surface area is 112 Å². The fourth-order valence-corrected chi connectivity index (χ4v) is 1.87. The Hall–Kier alpha value is -1.55. The molecule has 0 atom stereocenters. The van der Waals surface area contributed by atoms with Crippen LogP contribution in [0.25, 0.3) is 0 Å². The van der Waals surface area contributed by atoms with Crippen LogP contribution in [0.5, 0.6) is 0 Å². The highest BCUT2D eigenvalue weighted by molar-refractivity contribution is 9.10. The van der Waals surface area contributed by atoms with Crippen molar-refractivity contribution in [3.05, 3.63) is 69.2 Å². The van der Waals surface area contributed by atoms with Gasteiger partial charge in [-0.3, -0.25) is 4.79 Å². The van der Waals surface area contributed by atoms with Crippen LogP contribution in [-0.4, -0.2) is 5.78 Å². The summed E-state index contributed by atoms with van der Waals surface area (Å²) in [6.45, 7) is 1.82. The number of carbonyl (C=O) groups is 1. The van der Waals surface area contributed by atoms with Gasteiger partial charge in [0.25, 0.3) is 0 Å². The second kappa shape index (κ2) is 4.98. The molecule has 0 N–H and O–H groups in total. The second-order valence-corrected chi connectivity index (χ2v) is 4.75. The number of halogens is 3. The smallest absolute Gasteiger partial charge is 0.196 e. The van der Waals surface area contributed by atoms with Gasteiger partial charge in [0.15, 0.2) is 17.4 Å². The van der Waals surface area contributed by atoms with Crippen LogP contribution in [0.1, 0.15) is 21.5 Å². The fraction of sp³-hybridized carbons (Fsp3) is 0.0714. The summed E-state index contributed by atoms with van der Waals surface area (Å²) in [7, 11) is 0. The highest BCUT2D eigenvalue weighted by Crippen LogP contribution is 2.21. The topological polar surface area (TPSA) is 17.1 Å². The lowest BCUT2D eigenvalue weighted by atomic mass is 10.0. The summed E-state index contributed by atoms with van der Waals surface area (Å²) in [6.07, 6.45) is 0. The number of rotatable bonds is 2. The van der Waals surface area contributed by atoms with E-state index in [9.17, 15) is 13.6 Å². The molecule has 18 heavy (non-hydrogen) atoms. The van der Waals surface area contributed by atoms with E-state index >= 15 is 0 Å². The Morgan fingerprint density at radius 2 is 1.89 bits per heavy atom. The molecule has 0 aliphatic heterocycles. The van der Waals surface area contributed by atoms with E-state index in [0.29, 0.717) is 5.56 Å². The fourth-order valence-electron chi connectivity index (χ4n) is 1.62. The molecule has 0 saturated heterocycles. The first-order valence-corrected chi connectivity index (χ1v) is 6.05. The van der Waals surface area contributed by atoms with Crippen LogP contribution in [0.15, 0.2) is 40.9 Å². The quantitative estimate of drug-likeness (QED) is 0.757. The van der Waals surface area contributed by atoms with Crippen molar-refractivity contribution < 1.29 is 13.6 Å². The molecule has 0 saturated carbocycles. The second-order valence-electron chi connectivity index (χ2n) is 3.89. The Bertz CT molecular complexity index is 623. The lowest BCUT2D eigenvalue weighted by Crippen LogP contribution is -2.06. The van der Waals surface area contributed by atoms with E-state index in [4.69, 9.17) is 0 Å². The van der Waals surface area contributed by atoms with E-state index < -0.39 is 17.4 Å². The molecule has 4 heteroatoms. The standard InChI is InChI=1S/C14H9BrF2O/c1-8-7-9(5-6-11(8)15)14(18)10-3-2-4-12(16)13(10)17/h2-7H,1H3. The molecule has 0 fully saturated rings. The van der Waals surface area contributed by atoms with Gasteiger partial charge in [0.1, 0.15) is 0 Å². The van der Waals surface area contributed by atoms with Gasteiger partial charge in [-0.1, -0.05) is 22.0 Å². The predicted molar refractivity (Wildman–Crippen MR) is 68.7 cm³/mol. The first-order chi connectivity index (χ1) is 8.50. The minimum absolute atomic E-state index is 0.253. The molecule has 92 valence electrons. The number of aryl methyl sites for hydroxylation is 1. The van der Waals surface area contributed by atoms with E-state index in [1.807, 2.05) is 6.92 Å². The van der Waals surface area contributed by atoms with Crippen LogP contribution in [0.4, 0.5) is 8.78 Å². The van der Waals surface area contributed by atoms with Gasteiger partial charge in [0, 0.05) is 10.0 Å². The molecule has 0 aromatic heterocycles. The molecular formula is C14H9BrF2O. The number of benzene rings is 2. The first-order valence-electron chi connectivity index (χ1n) is 5.25. The van der Waals surface area contributed by atoms with Crippen LogP contribution in [0, 0.1) is 18.6 Å². The zero-order valence-electron chi connectivity index (χ0n) is 9.51. The maximum atomic E-state index is 13.5. The Balaban J connectivity index is 2.48. The summed E-state index contributed by atoms with van der Waals surface area (Å²) in [6, 6.07) is 8.49. The number of carbonyl (C=O) groups excluding carboxylic acids is 1. The normalized spacial score (nSPS) is 10.4. The Morgan fingerprint density at radius 1 is 1.17 bits per heavy atom. The SMILES string of the molecule is Cc1cc(C(=O)c2cccc(F)c2F)ccc1Br. The number of hydrogen-bond acceptors (Lipinski definition) is 1. The van der Waals surface area contributed by atoms with E-state index in [1.54, 1.807) is 18.2 Å². The molecular weight excluding hydrogens is 302 g/mol. The highest BCUT2D eigenvalue weighted by atomic mass is 79.9. The summed E-state index contributed by atoms with van der Waals surface area (Å²) >= 11 is 3.32. The maximum absolute atomic E-state index is 13.5. The first kappa shape index (κ1) is 12.9. The molecule has 0 unspecified atom stereocenters. The van der Waals surface area contributed by atoms with E-state index in [1.165, 1.54) is 12.1 Å². The lowest BCUT2D eigenvalue weighted by Gasteiger charge is -2.05. The largest absolute Gasteiger partial charge is 0.288 e. The molecule has 0 amide bonds. The van der Waals surface area contributed by atoms with Crippen molar-refractivity contribution in [1.82, 2.24) is 0 Å². The third-order valence-corrected chi connectivity index (χ3v) is 3.51. The number of hydrogen-bond donors (Lipinski definition) is 0. The predicted octanol–water partition coefficient (Wildman–Crippen LogP) is 4.27. The van der Waals surface area contributed by atoms with Crippen molar-refractivity contribution in [2.45, 2.75) is 6.92 Å². The average Bonchev–Trinajstić information content (AvgIpc) is 2.35. The molecule has 0 bridgehead atoms. The van der Waals surface area contributed by atoms with Crippen LogP contribution in [0.3, 0.4) is 0 Å². The van der Waals surface area contributed by atoms with E-state index in [2.05, 4.69) is 15.9 Å². The van der Waals surface area contributed by atoms with Gasteiger partial charge in [-0.15, -0.1) is 0 Å². The van der Waals surface area contributed by atoms with Crippen molar-refractivity contribution >= 4 is 21.7 Å². The van der Waals surface area contributed by atoms with Gasteiger partial charge in [-0.25, -0.2) is 8.78 Å². The third-order valence-electron chi connectivity index (χ3n) is 2.62. The molecule has 0 radical (unpaired) electrons. The van der Waals surface area contributed by atoms with Crippen LogP contribution in [-0.2, 0) is 0 Å². The molecule has 0 aliphatic carbocycles. The van der Waals surface area contributed by atoms with Crippen molar-refractivity contribution in [1.29, 1.82) is 0 Å². The minimum Gasteiger partial charge on any atom is -0.288 e. The van der Waals surface area contributed by atoms with Crippen molar-refractivity contribution in [3.8, 4) is 0 Å². The van der Waals surface area contributed by atoms with E-state index in [-0.39, 0.29) is 5.56 Å². The van der Waals surface area contributed by atoms with Crippen LogP contribution >= 0.6 is 15.9 Å². The van der Waals surface area contributed by atoms with Crippen LogP contribution < -0.4 is 0 Å². The van der Waals surface area contributed by atoms with Gasteiger partial charge in [0.2, 0.25) is 0 Å². The average molecular weight is 311 g/mol. The molecule has 0 aliphatic rings. The summed E-state index contributed by atoms with van der Waals surface area (Å²) < 4.78 is 27.4. The van der Waals surface area contributed by atoms with Gasteiger partial charge in [0.05, 0.1) is 5.56 Å². The van der Waals surface area contributed by atoms with E-state index in [0.717, 1.165) is 16.1 Å². The molecule has 0 heterocycles. The van der Waals surface area contributed by atoms with Gasteiger partial charge in [-0.05, 0) is 42.8 Å².